The number of carbonyl (C=O) groups is 2. The molecule has 110 valence electrons. The molecule has 2 aromatic rings. The Balaban J connectivity index is 2.02. The molecular formula is C14H16N4O3. The van der Waals surface area contributed by atoms with Gasteiger partial charge in [0.1, 0.15) is 6.54 Å². The van der Waals surface area contributed by atoms with Crippen molar-refractivity contribution in [2.45, 2.75) is 6.92 Å². The van der Waals surface area contributed by atoms with Gasteiger partial charge in [-0.2, -0.15) is 5.10 Å². The van der Waals surface area contributed by atoms with E-state index in [2.05, 4.69) is 10.4 Å². The zero-order chi connectivity index (χ0) is 15.2. The predicted molar refractivity (Wildman–Crippen MR) is 76.9 cm³/mol. The van der Waals surface area contributed by atoms with E-state index in [1.54, 1.807) is 37.4 Å². The molecule has 1 heterocycles. The number of rotatable bonds is 5. The highest BCUT2D eigenvalue weighted by Crippen LogP contribution is 2.11. The van der Waals surface area contributed by atoms with Crippen molar-refractivity contribution in [2.75, 3.05) is 18.9 Å². The summed E-state index contributed by atoms with van der Waals surface area (Å²) in [6.45, 7) is 1.80. The standard InChI is InChI=1S/C14H16N4O3/c1-2-21-13(19)9-16-14(20)12-6-7-18(17-12)11-5-3-4-10(15)8-11/h3-8H,2,9,15H2,1H3,(H,16,20). The Bertz CT molecular complexity index is 651. The number of aromatic nitrogens is 2. The fourth-order valence-electron chi connectivity index (χ4n) is 1.71. The van der Waals surface area contributed by atoms with Crippen LogP contribution in [0.2, 0.25) is 0 Å². The Morgan fingerprint density at radius 1 is 1.38 bits per heavy atom. The summed E-state index contributed by atoms with van der Waals surface area (Å²) in [5, 5.41) is 6.59. The summed E-state index contributed by atoms with van der Waals surface area (Å²) in [5.41, 5.74) is 7.27. The molecule has 3 N–H and O–H groups in total. The van der Waals surface area contributed by atoms with E-state index in [4.69, 9.17) is 10.5 Å². The van der Waals surface area contributed by atoms with Crippen molar-refractivity contribution in [3.05, 3.63) is 42.2 Å². The minimum Gasteiger partial charge on any atom is -0.465 e. The lowest BCUT2D eigenvalue weighted by atomic mass is 10.3. The Hall–Kier alpha value is -2.83. The number of carbonyl (C=O) groups excluding carboxylic acids is 2. The molecule has 0 bridgehead atoms. The van der Waals surface area contributed by atoms with Gasteiger partial charge in [-0.1, -0.05) is 6.07 Å². The minimum absolute atomic E-state index is 0.183. The van der Waals surface area contributed by atoms with E-state index in [0.29, 0.717) is 5.69 Å². The van der Waals surface area contributed by atoms with Crippen LogP contribution < -0.4 is 11.1 Å². The average Bonchev–Trinajstić information content (AvgIpc) is 2.95. The molecule has 21 heavy (non-hydrogen) atoms. The Labute approximate surface area is 121 Å². The van der Waals surface area contributed by atoms with Crippen LogP contribution in [0.1, 0.15) is 17.4 Å². The lowest BCUT2D eigenvalue weighted by Crippen LogP contribution is -2.30. The van der Waals surface area contributed by atoms with Gasteiger partial charge in [0.05, 0.1) is 12.3 Å². The second-order valence-electron chi connectivity index (χ2n) is 4.23. The quantitative estimate of drug-likeness (QED) is 0.624. The number of nitrogen functional groups attached to an aromatic ring is 1. The first-order valence-electron chi connectivity index (χ1n) is 6.45. The number of benzene rings is 1. The lowest BCUT2D eigenvalue weighted by molar-refractivity contribution is -0.141. The number of nitrogens with two attached hydrogens (primary N) is 1. The van der Waals surface area contributed by atoms with Crippen LogP contribution in [0.4, 0.5) is 5.69 Å². The van der Waals surface area contributed by atoms with Gasteiger partial charge in [0, 0.05) is 11.9 Å². The summed E-state index contributed by atoms with van der Waals surface area (Å²) in [4.78, 5) is 23.0. The van der Waals surface area contributed by atoms with Crippen molar-refractivity contribution < 1.29 is 14.3 Å². The van der Waals surface area contributed by atoms with Gasteiger partial charge < -0.3 is 15.8 Å². The molecule has 1 aromatic carbocycles. The maximum atomic E-state index is 11.8. The van der Waals surface area contributed by atoms with Gasteiger partial charge in [0.15, 0.2) is 5.69 Å². The zero-order valence-corrected chi connectivity index (χ0v) is 11.6. The predicted octanol–water partition coefficient (Wildman–Crippen LogP) is 0.747. The highest BCUT2D eigenvalue weighted by atomic mass is 16.5. The Morgan fingerprint density at radius 3 is 2.90 bits per heavy atom. The van der Waals surface area contributed by atoms with Gasteiger partial charge in [-0.25, -0.2) is 4.68 Å². The lowest BCUT2D eigenvalue weighted by Gasteiger charge is -2.03. The number of anilines is 1. The third kappa shape index (κ3) is 3.82. The molecule has 0 spiro atoms. The Kier molecular flexibility index (Phi) is 4.55. The number of ether oxygens (including phenoxy) is 1. The molecule has 7 nitrogen and oxygen atoms in total. The SMILES string of the molecule is CCOC(=O)CNC(=O)c1ccn(-c2cccc(N)c2)n1. The maximum absolute atomic E-state index is 11.8. The van der Waals surface area contributed by atoms with Gasteiger partial charge in [-0.3, -0.25) is 9.59 Å². The molecule has 0 aliphatic carbocycles. The Morgan fingerprint density at radius 2 is 2.19 bits per heavy atom. The molecule has 2 rings (SSSR count). The highest BCUT2D eigenvalue weighted by Gasteiger charge is 2.12. The van der Waals surface area contributed by atoms with E-state index in [1.807, 2.05) is 6.07 Å². The molecule has 0 fully saturated rings. The topological polar surface area (TPSA) is 99.2 Å². The number of esters is 1. The molecule has 0 saturated heterocycles. The largest absolute Gasteiger partial charge is 0.465 e. The van der Waals surface area contributed by atoms with E-state index in [-0.39, 0.29) is 18.8 Å². The fraction of sp³-hybridized carbons (Fsp3) is 0.214. The molecule has 0 unspecified atom stereocenters. The fourth-order valence-corrected chi connectivity index (χ4v) is 1.71. The van der Waals surface area contributed by atoms with Crippen LogP contribution >= 0.6 is 0 Å². The molecule has 0 atom stereocenters. The number of nitrogens with zero attached hydrogens (tertiary/aromatic N) is 2. The third-order valence-electron chi connectivity index (χ3n) is 2.66. The van der Waals surface area contributed by atoms with Crippen molar-refractivity contribution in [2.24, 2.45) is 0 Å². The summed E-state index contributed by atoms with van der Waals surface area (Å²) in [6, 6.07) is 8.69. The molecule has 7 heteroatoms. The van der Waals surface area contributed by atoms with Crippen LogP contribution in [0.5, 0.6) is 0 Å². The van der Waals surface area contributed by atoms with Crippen LogP contribution in [-0.4, -0.2) is 34.8 Å². The summed E-state index contributed by atoms with van der Waals surface area (Å²) < 4.78 is 6.26. The van der Waals surface area contributed by atoms with E-state index in [9.17, 15) is 9.59 Å². The average molecular weight is 288 g/mol. The number of hydrogen-bond donors (Lipinski definition) is 2. The number of nitrogens with one attached hydrogen (secondary N) is 1. The molecular weight excluding hydrogens is 272 g/mol. The second kappa shape index (κ2) is 6.56. The summed E-state index contributed by atoms with van der Waals surface area (Å²) >= 11 is 0. The van der Waals surface area contributed by atoms with Crippen molar-refractivity contribution in [1.82, 2.24) is 15.1 Å². The van der Waals surface area contributed by atoms with Crippen molar-refractivity contribution >= 4 is 17.6 Å². The molecule has 0 aliphatic rings. The first kappa shape index (κ1) is 14.6. The van der Waals surface area contributed by atoms with E-state index in [1.165, 1.54) is 4.68 Å². The van der Waals surface area contributed by atoms with E-state index in [0.717, 1.165) is 5.69 Å². The smallest absolute Gasteiger partial charge is 0.325 e. The van der Waals surface area contributed by atoms with Gasteiger partial charge in [-0.15, -0.1) is 0 Å². The summed E-state index contributed by atoms with van der Waals surface area (Å²) in [7, 11) is 0. The number of amides is 1. The molecule has 1 aromatic heterocycles. The second-order valence-corrected chi connectivity index (χ2v) is 4.23. The van der Waals surface area contributed by atoms with Gasteiger partial charge >= 0.3 is 5.97 Å². The van der Waals surface area contributed by atoms with Gasteiger partial charge in [-0.05, 0) is 31.2 Å². The monoisotopic (exact) mass is 288 g/mol. The van der Waals surface area contributed by atoms with E-state index < -0.39 is 11.9 Å². The van der Waals surface area contributed by atoms with E-state index >= 15 is 0 Å². The van der Waals surface area contributed by atoms with Crippen molar-refractivity contribution in [1.29, 1.82) is 0 Å². The molecule has 0 aliphatic heterocycles. The number of hydrogen-bond acceptors (Lipinski definition) is 5. The normalized spacial score (nSPS) is 10.1. The first-order valence-corrected chi connectivity index (χ1v) is 6.45. The molecule has 0 saturated carbocycles. The molecule has 1 amide bonds. The van der Waals surface area contributed by atoms with Gasteiger partial charge in [0.25, 0.3) is 5.91 Å². The zero-order valence-electron chi connectivity index (χ0n) is 11.6. The van der Waals surface area contributed by atoms with Gasteiger partial charge in [0.2, 0.25) is 0 Å². The van der Waals surface area contributed by atoms with Crippen molar-refractivity contribution in [3.63, 3.8) is 0 Å². The molecule has 0 radical (unpaired) electrons. The van der Waals surface area contributed by atoms with Crippen LogP contribution in [0.15, 0.2) is 36.5 Å². The van der Waals surface area contributed by atoms with Crippen LogP contribution in [-0.2, 0) is 9.53 Å². The van der Waals surface area contributed by atoms with Crippen LogP contribution in [0, 0.1) is 0 Å². The minimum atomic E-state index is -0.485. The van der Waals surface area contributed by atoms with Crippen LogP contribution in [0.3, 0.4) is 0 Å². The maximum Gasteiger partial charge on any atom is 0.325 e. The highest BCUT2D eigenvalue weighted by molar-refractivity contribution is 5.94. The van der Waals surface area contributed by atoms with Crippen molar-refractivity contribution in [3.8, 4) is 5.69 Å². The summed E-state index contributed by atoms with van der Waals surface area (Å²) in [5.74, 6) is -0.924. The first-order chi connectivity index (χ1) is 10.1. The summed E-state index contributed by atoms with van der Waals surface area (Å²) in [6.07, 6.45) is 1.65. The third-order valence-corrected chi connectivity index (χ3v) is 2.66. The van der Waals surface area contributed by atoms with Crippen LogP contribution in [0.25, 0.3) is 5.69 Å².